The van der Waals surface area contributed by atoms with Gasteiger partial charge in [-0.15, -0.1) is 6.42 Å². The highest BCUT2D eigenvalue weighted by atomic mass is 19.3. The fourth-order valence-electron chi connectivity index (χ4n) is 0.800. The lowest BCUT2D eigenvalue weighted by Gasteiger charge is -2.23. The predicted octanol–water partition coefficient (Wildman–Crippen LogP) is 0.536. The topological polar surface area (TPSA) is 29.3 Å². The molecule has 4 heteroatoms. The normalized spacial score (nSPS) is 11.7. The molecule has 0 spiro atoms. The van der Waals surface area contributed by atoms with E-state index in [0.717, 1.165) is 0 Å². The van der Waals surface area contributed by atoms with Crippen LogP contribution in [-0.2, 0) is 0 Å². The molecule has 0 atom stereocenters. The minimum absolute atomic E-state index is 0.242. The van der Waals surface area contributed by atoms with E-state index in [2.05, 4.69) is 5.92 Å². The zero-order chi connectivity index (χ0) is 9.61. The Balaban J connectivity index is 3.94. The second-order valence-corrected chi connectivity index (χ2v) is 2.57. The second-order valence-electron chi connectivity index (χ2n) is 2.57. The Morgan fingerprint density at radius 2 is 2.17 bits per heavy atom. The quantitative estimate of drug-likeness (QED) is 0.619. The van der Waals surface area contributed by atoms with Crippen molar-refractivity contribution in [3.05, 3.63) is 0 Å². The van der Waals surface area contributed by atoms with Crippen molar-refractivity contribution in [1.29, 1.82) is 0 Å². The second kappa shape index (κ2) is 5.07. The summed E-state index contributed by atoms with van der Waals surface area (Å²) in [4.78, 5) is 1.48. The van der Waals surface area contributed by atoms with Gasteiger partial charge in [0, 0.05) is 0 Å². The number of alkyl halides is 2. The molecule has 0 unspecified atom stereocenters. The fourth-order valence-corrected chi connectivity index (χ4v) is 0.800. The lowest BCUT2D eigenvalue weighted by molar-refractivity contribution is -0.0192. The third-order valence-electron chi connectivity index (χ3n) is 1.52. The number of hydrogen-bond acceptors (Lipinski definition) is 2. The Hall–Kier alpha value is -0.660. The Labute approximate surface area is 71.7 Å². The molecule has 0 amide bonds. The summed E-state index contributed by atoms with van der Waals surface area (Å²) >= 11 is 0. The average Bonchev–Trinajstić information content (AvgIpc) is 2.03. The smallest absolute Gasteiger partial charge is 0.272 e. The van der Waals surface area contributed by atoms with Crippen LogP contribution in [0, 0.1) is 12.3 Å². The van der Waals surface area contributed by atoms with Crippen molar-refractivity contribution in [2.45, 2.75) is 12.8 Å². The first-order valence-electron chi connectivity index (χ1n) is 3.79. The molecule has 0 radical (unpaired) electrons. The molecule has 70 valence electrons. The molecule has 0 saturated carbocycles. The zero-order valence-corrected chi connectivity index (χ0v) is 7.19. The van der Waals surface area contributed by atoms with Crippen LogP contribution < -0.4 is 5.73 Å². The van der Waals surface area contributed by atoms with E-state index in [9.17, 15) is 8.78 Å². The molecule has 0 saturated heterocycles. The molecule has 2 nitrogen and oxygen atoms in total. The van der Waals surface area contributed by atoms with Crippen molar-refractivity contribution >= 4 is 0 Å². The lowest BCUT2D eigenvalue weighted by Crippen LogP contribution is -2.41. The van der Waals surface area contributed by atoms with Gasteiger partial charge in [0.25, 0.3) is 5.92 Å². The van der Waals surface area contributed by atoms with Crippen LogP contribution in [0.2, 0.25) is 0 Å². The van der Waals surface area contributed by atoms with Gasteiger partial charge >= 0.3 is 0 Å². The van der Waals surface area contributed by atoms with Gasteiger partial charge < -0.3 is 5.73 Å². The number of nitrogens with two attached hydrogens (primary N) is 1. The van der Waals surface area contributed by atoms with Crippen LogP contribution in [0.1, 0.15) is 6.92 Å². The molecule has 12 heavy (non-hydrogen) atoms. The maximum atomic E-state index is 12.7. The van der Waals surface area contributed by atoms with Crippen molar-refractivity contribution in [2.75, 3.05) is 26.2 Å². The minimum atomic E-state index is -2.83. The van der Waals surface area contributed by atoms with E-state index in [4.69, 9.17) is 12.2 Å². The summed E-state index contributed by atoms with van der Waals surface area (Å²) in [6.45, 7) is 1.55. The van der Waals surface area contributed by atoms with E-state index in [1.165, 1.54) is 4.90 Å². The summed E-state index contributed by atoms with van der Waals surface area (Å²) in [5, 5.41) is 0. The fraction of sp³-hybridized carbons (Fsp3) is 0.750. The van der Waals surface area contributed by atoms with Crippen LogP contribution in [0.25, 0.3) is 0 Å². The first-order valence-corrected chi connectivity index (χ1v) is 3.79. The molecule has 0 aromatic carbocycles. The monoisotopic (exact) mass is 176 g/mol. The summed E-state index contributed by atoms with van der Waals surface area (Å²) in [5.74, 6) is -0.509. The Kier molecular flexibility index (Phi) is 4.79. The maximum absolute atomic E-state index is 12.7. The van der Waals surface area contributed by atoms with Gasteiger partial charge in [-0.25, -0.2) is 8.78 Å². The van der Waals surface area contributed by atoms with Gasteiger partial charge in [0.15, 0.2) is 0 Å². The molecule has 2 N–H and O–H groups in total. The highest BCUT2D eigenvalue weighted by molar-refractivity contribution is 4.89. The van der Waals surface area contributed by atoms with Gasteiger partial charge in [0.05, 0.1) is 19.6 Å². The number of halogens is 2. The van der Waals surface area contributed by atoms with Gasteiger partial charge in [-0.05, 0) is 6.54 Å². The minimum Gasteiger partial charge on any atom is -0.325 e. The van der Waals surface area contributed by atoms with E-state index in [-0.39, 0.29) is 13.1 Å². The first kappa shape index (κ1) is 11.3. The van der Waals surface area contributed by atoms with Gasteiger partial charge in [-0.2, -0.15) is 0 Å². The summed E-state index contributed by atoms with van der Waals surface area (Å²) in [7, 11) is 0. The van der Waals surface area contributed by atoms with E-state index >= 15 is 0 Å². The van der Waals surface area contributed by atoms with Crippen molar-refractivity contribution in [1.82, 2.24) is 4.90 Å². The number of nitrogens with zero attached hydrogens (tertiary/aromatic N) is 1. The summed E-state index contributed by atoms with van der Waals surface area (Å²) in [5.41, 5.74) is 4.88. The predicted molar refractivity (Wildman–Crippen MR) is 44.9 cm³/mol. The molecule has 0 fully saturated rings. The standard InChI is InChI=1S/C8H14F2N2/c1-3-5-12(4-2)7-8(9,10)6-11/h1H,4-7,11H2,2H3. The zero-order valence-electron chi connectivity index (χ0n) is 7.19. The largest absolute Gasteiger partial charge is 0.325 e. The SMILES string of the molecule is C#CCN(CC)CC(F)(F)CN. The molecule has 0 aliphatic rings. The average molecular weight is 176 g/mol. The van der Waals surface area contributed by atoms with Crippen LogP contribution in [0.5, 0.6) is 0 Å². The van der Waals surface area contributed by atoms with Gasteiger partial charge in [-0.1, -0.05) is 12.8 Å². The maximum Gasteiger partial charge on any atom is 0.272 e. The van der Waals surface area contributed by atoms with Crippen LogP contribution in [0.3, 0.4) is 0 Å². The third-order valence-corrected chi connectivity index (χ3v) is 1.52. The number of rotatable bonds is 5. The molecular weight excluding hydrogens is 162 g/mol. The summed E-state index contributed by atoms with van der Waals surface area (Å²) in [6, 6.07) is 0. The van der Waals surface area contributed by atoms with Gasteiger partial charge in [-0.3, -0.25) is 4.90 Å². The molecular formula is C8H14F2N2. The Morgan fingerprint density at radius 3 is 2.50 bits per heavy atom. The molecule has 0 heterocycles. The first-order chi connectivity index (χ1) is 5.55. The van der Waals surface area contributed by atoms with Crippen LogP contribution >= 0.6 is 0 Å². The summed E-state index contributed by atoms with van der Waals surface area (Å²) < 4.78 is 25.4. The van der Waals surface area contributed by atoms with E-state index in [1.807, 2.05) is 0 Å². The lowest BCUT2D eigenvalue weighted by atomic mass is 10.3. The molecule has 0 aliphatic carbocycles. The molecule has 0 bridgehead atoms. The Morgan fingerprint density at radius 1 is 1.58 bits per heavy atom. The molecule has 0 aromatic heterocycles. The van der Waals surface area contributed by atoms with Crippen molar-refractivity contribution in [3.8, 4) is 12.3 Å². The highest BCUT2D eigenvalue weighted by Crippen LogP contribution is 2.12. The van der Waals surface area contributed by atoms with Crippen molar-refractivity contribution in [2.24, 2.45) is 5.73 Å². The van der Waals surface area contributed by atoms with E-state index in [0.29, 0.717) is 6.54 Å². The summed E-state index contributed by atoms with van der Waals surface area (Å²) in [6.07, 6.45) is 5.00. The van der Waals surface area contributed by atoms with Crippen molar-refractivity contribution in [3.63, 3.8) is 0 Å². The van der Waals surface area contributed by atoms with E-state index < -0.39 is 12.5 Å². The molecule has 0 rings (SSSR count). The van der Waals surface area contributed by atoms with Crippen LogP contribution in [0.15, 0.2) is 0 Å². The molecule has 0 aliphatic heterocycles. The number of terminal acetylenes is 1. The van der Waals surface area contributed by atoms with E-state index in [1.54, 1.807) is 6.92 Å². The molecule has 0 aromatic rings. The highest BCUT2D eigenvalue weighted by Gasteiger charge is 2.28. The van der Waals surface area contributed by atoms with Crippen LogP contribution in [-0.4, -0.2) is 37.0 Å². The van der Waals surface area contributed by atoms with Crippen LogP contribution in [0.4, 0.5) is 8.78 Å². The van der Waals surface area contributed by atoms with Crippen molar-refractivity contribution < 1.29 is 8.78 Å². The third kappa shape index (κ3) is 4.27. The number of hydrogen-bond donors (Lipinski definition) is 1. The van der Waals surface area contributed by atoms with Gasteiger partial charge in [0.1, 0.15) is 0 Å². The van der Waals surface area contributed by atoms with Gasteiger partial charge in [0.2, 0.25) is 0 Å². The Bertz CT molecular complexity index is 163.